The van der Waals surface area contributed by atoms with Crippen LogP contribution >= 0.6 is 0 Å². The summed E-state index contributed by atoms with van der Waals surface area (Å²) in [4.78, 5) is 11.8. The Morgan fingerprint density at radius 1 is 1.42 bits per heavy atom. The molecule has 0 radical (unpaired) electrons. The van der Waals surface area contributed by atoms with Crippen LogP contribution in [0.15, 0.2) is 18.2 Å². The zero-order chi connectivity index (χ0) is 14.6. The van der Waals surface area contributed by atoms with Crippen LogP contribution in [0.1, 0.15) is 38.7 Å². The van der Waals surface area contributed by atoms with E-state index in [4.69, 9.17) is 4.74 Å². The second kappa shape index (κ2) is 6.10. The number of aliphatic hydroxyl groups is 1. The number of halogens is 2. The molecule has 106 valence electrons. The van der Waals surface area contributed by atoms with Gasteiger partial charge in [-0.05, 0) is 25.0 Å². The molecule has 0 fully saturated rings. The molecule has 0 aliphatic rings. The Morgan fingerprint density at radius 3 is 2.58 bits per heavy atom. The summed E-state index contributed by atoms with van der Waals surface area (Å²) in [5.41, 5.74) is -1.91. The van der Waals surface area contributed by atoms with Crippen LogP contribution in [-0.4, -0.2) is 23.3 Å². The van der Waals surface area contributed by atoms with Crippen LogP contribution in [0.2, 0.25) is 0 Å². The molecule has 2 unspecified atom stereocenters. The normalized spacial score (nSPS) is 15.7. The number of esters is 1. The maximum absolute atomic E-state index is 13.7. The van der Waals surface area contributed by atoms with Crippen LogP contribution in [0.3, 0.4) is 0 Å². The second-order valence-electron chi connectivity index (χ2n) is 4.36. The first-order valence-corrected chi connectivity index (χ1v) is 6.21. The molecule has 5 heteroatoms. The third-order valence-electron chi connectivity index (χ3n) is 3.33. The summed E-state index contributed by atoms with van der Waals surface area (Å²) in [7, 11) is 0. The minimum absolute atomic E-state index is 0.0441. The zero-order valence-electron chi connectivity index (χ0n) is 11.2. The monoisotopic (exact) mass is 272 g/mol. The Balaban J connectivity index is 3.18. The first kappa shape index (κ1) is 15.6. The molecule has 0 aliphatic carbocycles. The third-order valence-corrected chi connectivity index (χ3v) is 3.33. The van der Waals surface area contributed by atoms with E-state index in [0.717, 1.165) is 6.07 Å². The van der Waals surface area contributed by atoms with Crippen LogP contribution in [0, 0.1) is 11.6 Å². The van der Waals surface area contributed by atoms with Gasteiger partial charge in [0, 0.05) is 5.92 Å². The minimum Gasteiger partial charge on any atom is -0.464 e. The van der Waals surface area contributed by atoms with Crippen molar-refractivity contribution in [2.75, 3.05) is 6.61 Å². The van der Waals surface area contributed by atoms with Gasteiger partial charge in [0.25, 0.3) is 0 Å². The van der Waals surface area contributed by atoms with E-state index in [0.29, 0.717) is 0 Å². The van der Waals surface area contributed by atoms with Gasteiger partial charge in [0.1, 0.15) is 0 Å². The van der Waals surface area contributed by atoms with Crippen molar-refractivity contribution in [3.05, 3.63) is 35.4 Å². The number of rotatable bonds is 5. The highest BCUT2D eigenvalue weighted by molar-refractivity contribution is 5.80. The van der Waals surface area contributed by atoms with Crippen molar-refractivity contribution in [3.8, 4) is 0 Å². The Morgan fingerprint density at radius 2 is 2.05 bits per heavy atom. The first-order chi connectivity index (χ1) is 8.88. The Hall–Kier alpha value is -1.49. The average molecular weight is 272 g/mol. The SMILES string of the molecule is CCOC(=O)C(O)(CC)C(C)c1cccc(F)c1F. The van der Waals surface area contributed by atoms with Gasteiger partial charge in [-0.3, -0.25) is 0 Å². The number of benzene rings is 1. The van der Waals surface area contributed by atoms with Crippen molar-refractivity contribution in [2.24, 2.45) is 0 Å². The van der Waals surface area contributed by atoms with Crippen LogP contribution in [0.25, 0.3) is 0 Å². The smallest absolute Gasteiger partial charge is 0.338 e. The molecular weight excluding hydrogens is 254 g/mol. The quantitative estimate of drug-likeness (QED) is 0.838. The number of ether oxygens (including phenoxy) is 1. The summed E-state index contributed by atoms with van der Waals surface area (Å²) in [6.07, 6.45) is 0.0446. The van der Waals surface area contributed by atoms with Crippen molar-refractivity contribution >= 4 is 5.97 Å². The van der Waals surface area contributed by atoms with Crippen molar-refractivity contribution in [2.45, 2.75) is 38.7 Å². The molecule has 1 aromatic rings. The minimum atomic E-state index is -1.87. The van der Waals surface area contributed by atoms with Crippen molar-refractivity contribution < 1.29 is 23.4 Å². The van der Waals surface area contributed by atoms with E-state index in [2.05, 4.69) is 0 Å². The highest BCUT2D eigenvalue weighted by atomic mass is 19.2. The molecule has 0 amide bonds. The van der Waals surface area contributed by atoms with Crippen LogP contribution < -0.4 is 0 Å². The summed E-state index contributed by atoms with van der Waals surface area (Å²) >= 11 is 0. The molecule has 0 heterocycles. The van der Waals surface area contributed by atoms with Crippen LogP contribution in [0.5, 0.6) is 0 Å². The van der Waals surface area contributed by atoms with Gasteiger partial charge in [-0.25, -0.2) is 13.6 Å². The molecule has 1 N–H and O–H groups in total. The third kappa shape index (κ3) is 2.92. The summed E-state index contributed by atoms with van der Waals surface area (Å²) in [6.45, 7) is 4.78. The highest BCUT2D eigenvalue weighted by Gasteiger charge is 2.43. The van der Waals surface area contributed by atoms with Gasteiger partial charge < -0.3 is 9.84 Å². The fourth-order valence-corrected chi connectivity index (χ4v) is 2.00. The molecule has 1 rings (SSSR count). The van der Waals surface area contributed by atoms with E-state index in [1.54, 1.807) is 13.8 Å². The van der Waals surface area contributed by atoms with Gasteiger partial charge in [-0.15, -0.1) is 0 Å². The Bertz CT molecular complexity index is 462. The van der Waals surface area contributed by atoms with Crippen molar-refractivity contribution in [1.82, 2.24) is 0 Å². The maximum atomic E-state index is 13.7. The number of hydrogen-bond donors (Lipinski definition) is 1. The highest BCUT2D eigenvalue weighted by Crippen LogP contribution is 2.34. The molecule has 0 spiro atoms. The molecule has 2 atom stereocenters. The maximum Gasteiger partial charge on any atom is 0.338 e. The molecule has 0 saturated carbocycles. The van der Waals surface area contributed by atoms with E-state index in [-0.39, 0.29) is 18.6 Å². The van der Waals surface area contributed by atoms with E-state index in [9.17, 15) is 18.7 Å². The number of carbonyl (C=O) groups excluding carboxylic acids is 1. The van der Waals surface area contributed by atoms with Gasteiger partial charge in [-0.1, -0.05) is 26.0 Å². The number of carbonyl (C=O) groups is 1. The number of hydrogen-bond acceptors (Lipinski definition) is 3. The van der Waals surface area contributed by atoms with Crippen LogP contribution in [0.4, 0.5) is 8.78 Å². The molecular formula is C14H18F2O3. The predicted octanol–water partition coefficient (Wildman–Crippen LogP) is 2.77. The summed E-state index contributed by atoms with van der Waals surface area (Å²) in [6, 6.07) is 3.68. The lowest BCUT2D eigenvalue weighted by Crippen LogP contribution is -2.44. The molecule has 0 saturated heterocycles. The molecule has 19 heavy (non-hydrogen) atoms. The molecule has 3 nitrogen and oxygen atoms in total. The van der Waals surface area contributed by atoms with Gasteiger partial charge in [-0.2, -0.15) is 0 Å². The fraction of sp³-hybridized carbons (Fsp3) is 0.500. The average Bonchev–Trinajstić information content (AvgIpc) is 2.40. The van der Waals surface area contributed by atoms with E-state index < -0.39 is 29.1 Å². The molecule has 1 aromatic carbocycles. The lowest BCUT2D eigenvalue weighted by Gasteiger charge is -2.31. The van der Waals surface area contributed by atoms with Crippen molar-refractivity contribution in [3.63, 3.8) is 0 Å². The van der Waals surface area contributed by atoms with Gasteiger partial charge in [0.2, 0.25) is 0 Å². The standard InChI is InChI=1S/C14H18F2O3/c1-4-14(18,13(17)19-5-2)9(3)10-7-6-8-11(15)12(10)16/h6-9,18H,4-5H2,1-3H3. The Kier molecular flexibility index (Phi) is 5.00. The first-order valence-electron chi connectivity index (χ1n) is 6.21. The molecule has 0 aromatic heterocycles. The van der Waals surface area contributed by atoms with Gasteiger partial charge in [0.05, 0.1) is 6.61 Å². The summed E-state index contributed by atoms with van der Waals surface area (Å²) in [5.74, 6) is -3.79. The Labute approximate surface area is 111 Å². The fourth-order valence-electron chi connectivity index (χ4n) is 2.00. The molecule has 0 bridgehead atoms. The van der Waals surface area contributed by atoms with E-state index in [1.807, 2.05) is 0 Å². The topological polar surface area (TPSA) is 46.5 Å². The van der Waals surface area contributed by atoms with Gasteiger partial charge in [0.15, 0.2) is 17.2 Å². The van der Waals surface area contributed by atoms with E-state index >= 15 is 0 Å². The predicted molar refractivity (Wildman–Crippen MR) is 66.6 cm³/mol. The van der Waals surface area contributed by atoms with E-state index in [1.165, 1.54) is 19.1 Å². The summed E-state index contributed by atoms with van der Waals surface area (Å²) < 4.78 is 31.7. The second-order valence-corrected chi connectivity index (χ2v) is 4.36. The lowest BCUT2D eigenvalue weighted by molar-refractivity contribution is -0.167. The van der Waals surface area contributed by atoms with Crippen LogP contribution in [-0.2, 0) is 9.53 Å². The largest absolute Gasteiger partial charge is 0.464 e. The molecule has 0 aliphatic heterocycles. The zero-order valence-corrected chi connectivity index (χ0v) is 11.2. The van der Waals surface area contributed by atoms with Gasteiger partial charge >= 0.3 is 5.97 Å². The van der Waals surface area contributed by atoms with Crippen molar-refractivity contribution in [1.29, 1.82) is 0 Å². The summed E-state index contributed by atoms with van der Waals surface area (Å²) in [5, 5.41) is 10.4. The lowest BCUT2D eigenvalue weighted by atomic mass is 9.81.